The molecule has 1 aromatic rings. The van der Waals surface area contributed by atoms with Gasteiger partial charge in [0.1, 0.15) is 0 Å². The third-order valence-electron chi connectivity index (χ3n) is 3.61. The van der Waals surface area contributed by atoms with E-state index in [-0.39, 0.29) is 10.7 Å². The van der Waals surface area contributed by atoms with Gasteiger partial charge >= 0.3 is 6.18 Å². The summed E-state index contributed by atoms with van der Waals surface area (Å²) in [5.74, 6) is -0.295. The Hall–Kier alpha value is -0.950. The first-order chi connectivity index (χ1) is 9.20. The van der Waals surface area contributed by atoms with Gasteiger partial charge in [-0.3, -0.25) is 9.69 Å². The van der Waals surface area contributed by atoms with Crippen LogP contribution in [0.4, 0.5) is 13.2 Å². The van der Waals surface area contributed by atoms with Crippen LogP contribution in [0.25, 0.3) is 0 Å². The van der Waals surface area contributed by atoms with Gasteiger partial charge in [-0.1, -0.05) is 20.8 Å². The number of thiazole rings is 1. The van der Waals surface area contributed by atoms with E-state index >= 15 is 0 Å². The minimum absolute atomic E-state index is 0.0635. The summed E-state index contributed by atoms with van der Waals surface area (Å²) in [5, 5.41) is -0.973. The second-order valence-corrected chi connectivity index (χ2v) is 5.69. The quantitative estimate of drug-likeness (QED) is 0.748. The minimum Gasteiger partial charge on any atom is -0.292 e. The molecule has 1 heterocycles. The lowest BCUT2D eigenvalue weighted by atomic mass is 9.90. The number of alkyl halides is 3. The molecule has 0 N–H and O–H groups in total. The number of likely N-dealkylation sites (N-methyl/N-ethyl adjacent to an activating group) is 1. The fourth-order valence-corrected chi connectivity index (χ4v) is 3.07. The van der Waals surface area contributed by atoms with E-state index in [0.29, 0.717) is 30.8 Å². The van der Waals surface area contributed by atoms with Crippen molar-refractivity contribution in [2.24, 2.45) is 0 Å². The molecule has 1 atom stereocenters. The average molecular weight is 308 g/mol. The van der Waals surface area contributed by atoms with Crippen molar-refractivity contribution in [1.82, 2.24) is 9.88 Å². The highest BCUT2D eigenvalue weighted by Gasteiger charge is 2.40. The number of rotatable bonds is 6. The predicted octanol–water partition coefficient (Wildman–Crippen LogP) is 3.86. The van der Waals surface area contributed by atoms with Gasteiger partial charge in [0.25, 0.3) is 0 Å². The Morgan fingerprint density at radius 1 is 1.30 bits per heavy atom. The Bertz CT molecular complexity index is 468. The molecule has 0 aromatic carbocycles. The molecule has 0 aliphatic rings. The fourth-order valence-electron chi connectivity index (χ4n) is 2.22. The third-order valence-corrected chi connectivity index (χ3v) is 4.65. The van der Waals surface area contributed by atoms with Gasteiger partial charge in [0.2, 0.25) is 0 Å². The number of carbonyl (C=O) groups is 1. The first-order valence-corrected chi connectivity index (χ1v) is 7.35. The first kappa shape index (κ1) is 17.1. The SMILES string of the molecule is CCN(CC)C(C)(CC)C(=O)c1cnc(C(F)(F)F)s1. The summed E-state index contributed by atoms with van der Waals surface area (Å²) in [6, 6.07) is 0. The third kappa shape index (κ3) is 3.20. The zero-order valence-electron chi connectivity index (χ0n) is 12.0. The lowest BCUT2D eigenvalue weighted by Gasteiger charge is -2.37. The number of Topliss-reactive ketones (excluding diaryl/α,β-unsaturated/α-hetero) is 1. The van der Waals surface area contributed by atoms with E-state index in [1.54, 1.807) is 6.92 Å². The molecule has 1 rings (SSSR count). The van der Waals surface area contributed by atoms with Crippen LogP contribution in [0, 0.1) is 0 Å². The summed E-state index contributed by atoms with van der Waals surface area (Å²) < 4.78 is 37.7. The van der Waals surface area contributed by atoms with Crippen molar-refractivity contribution in [2.45, 2.75) is 45.8 Å². The summed E-state index contributed by atoms with van der Waals surface area (Å²) in [6.07, 6.45) is -2.93. The Morgan fingerprint density at radius 2 is 1.85 bits per heavy atom. The molecule has 0 spiro atoms. The van der Waals surface area contributed by atoms with E-state index in [2.05, 4.69) is 4.98 Å². The molecule has 0 fully saturated rings. The lowest BCUT2D eigenvalue weighted by molar-refractivity contribution is -0.137. The molecule has 7 heteroatoms. The van der Waals surface area contributed by atoms with Crippen molar-refractivity contribution in [2.75, 3.05) is 13.1 Å². The monoisotopic (exact) mass is 308 g/mol. The summed E-state index contributed by atoms with van der Waals surface area (Å²) in [5.41, 5.74) is -0.793. The maximum Gasteiger partial charge on any atom is 0.443 e. The van der Waals surface area contributed by atoms with Gasteiger partial charge in [-0.15, -0.1) is 11.3 Å². The number of hydrogen-bond acceptors (Lipinski definition) is 4. The molecule has 0 aliphatic heterocycles. The van der Waals surface area contributed by atoms with Gasteiger partial charge in [-0.25, -0.2) is 4.98 Å². The zero-order chi connectivity index (χ0) is 15.6. The molecule has 20 heavy (non-hydrogen) atoms. The highest BCUT2D eigenvalue weighted by atomic mass is 32.1. The molecule has 3 nitrogen and oxygen atoms in total. The molecule has 1 unspecified atom stereocenters. The van der Waals surface area contributed by atoms with Crippen LogP contribution in [-0.4, -0.2) is 34.3 Å². The molecule has 0 radical (unpaired) electrons. The van der Waals surface area contributed by atoms with Gasteiger partial charge in [0.15, 0.2) is 10.8 Å². The molecule has 0 saturated heterocycles. The molecular formula is C13H19F3N2OS. The van der Waals surface area contributed by atoms with Gasteiger partial charge < -0.3 is 0 Å². The maximum atomic E-state index is 12.6. The van der Waals surface area contributed by atoms with E-state index < -0.39 is 16.7 Å². The second-order valence-electron chi connectivity index (χ2n) is 4.66. The van der Waals surface area contributed by atoms with Crippen molar-refractivity contribution in [3.05, 3.63) is 16.1 Å². The normalized spacial score (nSPS) is 15.4. The number of aromatic nitrogens is 1. The van der Waals surface area contributed by atoms with Gasteiger partial charge in [-0.2, -0.15) is 13.2 Å². The van der Waals surface area contributed by atoms with Crippen LogP contribution in [0.3, 0.4) is 0 Å². The predicted molar refractivity (Wildman–Crippen MR) is 73.1 cm³/mol. The number of ketones is 1. The molecule has 0 saturated carbocycles. The standard InChI is InChI=1S/C13H19F3N2OS/c1-5-12(4,18(6-2)7-3)10(19)9-8-17-11(20-9)13(14,15)16/h8H,5-7H2,1-4H3. The highest BCUT2D eigenvalue weighted by molar-refractivity contribution is 7.13. The van der Waals surface area contributed by atoms with Crippen molar-refractivity contribution in [1.29, 1.82) is 0 Å². The second kappa shape index (κ2) is 6.22. The maximum absolute atomic E-state index is 12.6. The molecule has 0 aliphatic carbocycles. The Labute approximate surface area is 120 Å². The van der Waals surface area contributed by atoms with Crippen LogP contribution >= 0.6 is 11.3 Å². The lowest BCUT2D eigenvalue weighted by Crippen LogP contribution is -2.51. The number of carbonyl (C=O) groups excluding carboxylic acids is 1. The summed E-state index contributed by atoms with van der Waals surface area (Å²) in [7, 11) is 0. The molecule has 0 amide bonds. The van der Waals surface area contributed by atoms with Crippen LogP contribution in [0.5, 0.6) is 0 Å². The van der Waals surface area contributed by atoms with E-state index in [4.69, 9.17) is 0 Å². The first-order valence-electron chi connectivity index (χ1n) is 6.53. The zero-order valence-corrected chi connectivity index (χ0v) is 12.9. The van der Waals surface area contributed by atoms with Crippen LogP contribution in [0.2, 0.25) is 0 Å². The van der Waals surface area contributed by atoms with Crippen molar-refractivity contribution >= 4 is 17.1 Å². The van der Waals surface area contributed by atoms with E-state index in [9.17, 15) is 18.0 Å². The molecule has 0 bridgehead atoms. The summed E-state index contributed by atoms with van der Waals surface area (Å²) in [6.45, 7) is 8.82. The van der Waals surface area contributed by atoms with E-state index in [1.165, 1.54) is 0 Å². The van der Waals surface area contributed by atoms with Crippen LogP contribution in [-0.2, 0) is 6.18 Å². The van der Waals surface area contributed by atoms with Crippen LogP contribution in [0.15, 0.2) is 6.20 Å². The number of nitrogens with zero attached hydrogens (tertiary/aromatic N) is 2. The Morgan fingerprint density at radius 3 is 2.20 bits per heavy atom. The van der Waals surface area contributed by atoms with Crippen molar-refractivity contribution < 1.29 is 18.0 Å². The van der Waals surface area contributed by atoms with Crippen LogP contribution < -0.4 is 0 Å². The Balaban J connectivity index is 3.12. The van der Waals surface area contributed by atoms with Crippen LogP contribution in [0.1, 0.15) is 48.8 Å². The molecule has 1 aromatic heterocycles. The topological polar surface area (TPSA) is 33.2 Å². The Kier molecular flexibility index (Phi) is 5.32. The number of halogens is 3. The largest absolute Gasteiger partial charge is 0.443 e. The van der Waals surface area contributed by atoms with Crippen molar-refractivity contribution in [3.8, 4) is 0 Å². The minimum atomic E-state index is -4.50. The number of hydrogen-bond donors (Lipinski definition) is 0. The van der Waals surface area contributed by atoms with Gasteiger partial charge in [0.05, 0.1) is 10.4 Å². The summed E-state index contributed by atoms with van der Waals surface area (Å²) >= 11 is 0.416. The smallest absolute Gasteiger partial charge is 0.292 e. The van der Waals surface area contributed by atoms with E-state index in [0.717, 1.165) is 6.20 Å². The molecule has 114 valence electrons. The molecular weight excluding hydrogens is 289 g/mol. The van der Waals surface area contributed by atoms with Gasteiger partial charge in [0, 0.05) is 6.20 Å². The average Bonchev–Trinajstić information content (AvgIpc) is 2.88. The van der Waals surface area contributed by atoms with Gasteiger partial charge in [-0.05, 0) is 26.4 Å². The fraction of sp³-hybridized carbons (Fsp3) is 0.692. The highest BCUT2D eigenvalue weighted by Crippen LogP contribution is 2.34. The summed E-state index contributed by atoms with van der Waals surface area (Å²) in [4.78, 5) is 17.9. The van der Waals surface area contributed by atoms with E-state index in [1.807, 2.05) is 25.7 Å². The van der Waals surface area contributed by atoms with Crippen molar-refractivity contribution in [3.63, 3.8) is 0 Å².